The topological polar surface area (TPSA) is 83.6 Å². The third kappa shape index (κ3) is 3.02. The second kappa shape index (κ2) is 5.26. The first-order chi connectivity index (χ1) is 8.50. The summed E-state index contributed by atoms with van der Waals surface area (Å²) in [5, 5.41) is 9.01. The Hall–Kier alpha value is -1.10. The minimum absolute atomic E-state index is 0.0327. The predicted octanol–water partition coefficient (Wildman–Crippen LogP) is 0.971. The van der Waals surface area contributed by atoms with Crippen LogP contribution in [0.2, 0.25) is 0 Å². The molecular formula is C13H22N2O3. The Morgan fingerprint density at radius 2 is 1.94 bits per heavy atom. The van der Waals surface area contributed by atoms with Crippen molar-refractivity contribution >= 4 is 11.9 Å². The molecule has 2 fully saturated rings. The molecule has 0 aromatic heterocycles. The zero-order chi connectivity index (χ0) is 13.2. The molecule has 18 heavy (non-hydrogen) atoms. The molecule has 2 aliphatic rings. The number of likely N-dealkylation sites (tertiary alicyclic amines) is 1. The molecule has 1 atom stereocenters. The summed E-state index contributed by atoms with van der Waals surface area (Å²) in [5.41, 5.74) is 5.86. The number of nitrogens with zero attached hydrogens (tertiary/aromatic N) is 1. The highest BCUT2D eigenvalue weighted by atomic mass is 16.4. The van der Waals surface area contributed by atoms with E-state index in [0.717, 1.165) is 32.1 Å². The lowest BCUT2D eigenvalue weighted by molar-refractivity contribution is -0.145. The smallest absolute Gasteiger partial charge is 0.308 e. The molecule has 1 amide bonds. The first-order valence-electron chi connectivity index (χ1n) is 6.80. The molecule has 1 saturated carbocycles. The number of hydrogen-bond donors (Lipinski definition) is 2. The van der Waals surface area contributed by atoms with Crippen LogP contribution in [0.4, 0.5) is 0 Å². The average Bonchev–Trinajstić information content (AvgIpc) is 2.76. The summed E-state index contributed by atoms with van der Waals surface area (Å²) in [7, 11) is 0. The molecule has 5 nitrogen and oxygen atoms in total. The number of hydrogen-bond acceptors (Lipinski definition) is 3. The molecule has 1 aliphatic carbocycles. The van der Waals surface area contributed by atoms with E-state index in [1.165, 1.54) is 0 Å². The van der Waals surface area contributed by atoms with Gasteiger partial charge in [0.05, 0.1) is 5.92 Å². The van der Waals surface area contributed by atoms with Gasteiger partial charge in [0.1, 0.15) is 0 Å². The lowest BCUT2D eigenvalue weighted by Gasteiger charge is -2.33. The Kier molecular flexibility index (Phi) is 3.90. The van der Waals surface area contributed by atoms with E-state index < -0.39 is 11.9 Å². The highest BCUT2D eigenvalue weighted by Crippen LogP contribution is 2.31. The van der Waals surface area contributed by atoms with Gasteiger partial charge in [-0.2, -0.15) is 0 Å². The fourth-order valence-corrected chi connectivity index (χ4v) is 3.07. The molecule has 0 aromatic rings. The van der Waals surface area contributed by atoms with Crippen molar-refractivity contribution in [3.8, 4) is 0 Å². The van der Waals surface area contributed by atoms with Gasteiger partial charge in [-0.15, -0.1) is 0 Å². The van der Waals surface area contributed by atoms with Crippen LogP contribution in [0, 0.1) is 5.92 Å². The van der Waals surface area contributed by atoms with E-state index in [2.05, 4.69) is 0 Å². The second-order valence-electron chi connectivity index (χ2n) is 5.76. The van der Waals surface area contributed by atoms with Crippen LogP contribution in [0.15, 0.2) is 0 Å². The third-order valence-electron chi connectivity index (χ3n) is 4.23. The number of piperidine rings is 1. The summed E-state index contributed by atoms with van der Waals surface area (Å²) in [6.45, 7) is 1.03. The number of amides is 1. The van der Waals surface area contributed by atoms with Crippen LogP contribution in [0.5, 0.6) is 0 Å². The van der Waals surface area contributed by atoms with Crippen LogP contribution in [-0.2, 0) is 9.59 Å². The third-order valence-corrected chi connectivity index (χ3v) is 4.23. The van der Waals surface area contributed by atoms with Gasteiger partial charge in [0.25, 0.3) is 0 Å². The summed E-state index contributed by atoms with van der Waals surface area (Å²) in [6.07, 6.45) is 5.85. The van der Waals surface area contributed by atoms with E-state index in [1.54, 1.807) is 4.90 Å². The van der Waals surface area contributed by atoms with E-state index in [-0.39, 0.29) is 11.4 Å². The fourth-order valence-electron chi connectivity index (χ4n) is 3.07. The number of carbonyl (C=O) groups excluding carboxylic acids is 1. The van der Waals surface area contributed by atoms with Gasteiger partial charge in [-0.25, -0.2) is 0 Å². The quantitative estimate of drug-likeness (QED) is 0.786. The molecule has 0 radical (unpaired) electrons. The van der Waals surface area contributed by atoms with Gasteiger partial charge < -0.3 is 15.7 Å². The normalized spacial score (nSPS) is 27.2. The maximum absolute atomic E-state index is 12.2. The monoisotopic (exact) mass is 254 g/mol. The van der Waals surface area contributed by atoms with Crippen LogP contribution in [0.3, 0.4) is 0 Å². The van der Waals surface area contributed by atoms with Crippen LogP contribution < -0.4 is 5.73 Å². The van der Waals surface area contributed by atoms with Crippen molar-refractivity contribution < 1.29 is 14.7 Å². The molecule has 2 rings (SSSR count). The van der Waals surface area contributed by atoms with Gasteiger partial charge in [-0.1, -0.05) is 12.8 Å². The van der Waals surface area contributed by atoms with E-state index >= 15 is 0 Å². The molecule has 102 valence electrons. The van der Waals surface area contributed by atoms with E-state index in [1.807, 2.05) is 0 Å². The predicted molar refractivity (Wildman–Crippen MR) is 66.9 cm³/mol. The number of nitrogens with two attached hydrogens (primary N) is 1. The molecule has 0 unspecified atom stereocenters. The van der Waals surface area contributed by atoms with Crippen LogP contribution in [-0.4, -0.2) is 40.5 Å². The van der Waals surface area contributed by atoms with Crippen LogP contribution in [0.25, 0.3) is 0 Å². The summed E-state index contributed by atoms with van der Waals surface area (Å²) in [4.78, 5) is 24.8. The molecule has 1 aliphatic heterocycles. The lowest BCUT2D eigenvalue weighted by atomic mass is 9.92. The second-order valence-corrected chi connectivity index (χ2v) is 5.76. The van der Waals surface area contributed by atoms with E-state index in [9.17, 15) is 9.59 Å². The van der Waals surface area contributed by atoms with Gasteiger partial charge in [0.2, 0.25) is 5.91 Å². The Morgan fingerprint density at radius 1 is 1.28 bits per heavy atom. The van der Waals surface area contributed by atoms with Crippen molar-refractivity contribution in [2.24, 2.45) is 11.7 Å². The van der Waals surface area contributed by atoms with Crippen molar-refractivity contribution in [1.29, 1.82) is 0 Å². The fraction of sp³-hybridized carbons (Fsp3) is 0.846. The molecule has 0 spiro atoms. The van der Waals surface area contributed by atoms with Gasteiger partial charge in [0.15, 0.2) is 0 Å². The van der Waals surface area contributed by atoms with Crippen molar-refractivity contribution in [3.05, 3.63) is 0 Å². The van der Waals surface area contributed by atoms with Crippen molar-refractivity contribution in [3.63, 3.8) is 0 Å². The summed E-state index contributed by atoms with van der Waals surface area (Å²) < 4.78 is 0. The summed E-state index contributed by atoms with van der Waals surface area (Å²) in [5.74, 6) is -1.17. The first kappa shape index (κ1) is 13.3. The minimum Gasteiger partial charge on any atom is -0.481 e. The molecule has 1 heterocycles. The summed E-state index contributed by atoms with van der Waals surface area (Å²) >= 11 is 0. The Labute approximate surface area is 107 Å². The van der Waals surface area contributed by atoms with Crippen LogP contribution >= 0.6 is 0 Å². The van der Waals surface area contributed by atoms with Gasteiger partial charge >= 0.3 is 5.97 Å². The first-order valence-corrected chi connectivity index (χ1v) is 6.80. The SMILES string of the molecule is NC1(CC(=O)N2CCC[C@H](C(=O)O)C2)CCCC1. The number of carboxylic acid groups (broad SMARTS) is 1. The van der Waals surface area contributed by atoms with Crippen LogP contribution in [0.1, 0.15) is 44.9 Å². The molecule has 0 bridgehead atoms. The van der Waals surface area contributed by atoms with Crippen molar-refractivity contribution in [2.75, 3.05) is 13.1 Å². The standard InChI is InChI=1S/C13H22N2O3/c14-13(5-1-2-6-13)8-11(16)15-7-3-4-10(9-15)12(17)18/h10H,1-9,14H2,(H,17,18)/t10-/m0/s1. The molecule has 5 heteroatoms. The summed E-state index contributed by atoms with van der Waals surface area (Å²) in [6, 6.07) is 0. The zero-order valence-corrected chi connectivity index (χ0v) is 10.7. The molecule has 3 N–H and O–H groups in total. The number of carboxylic acids is 1. The zero-order valence-electron chi connectivity index (χ0n) is 10.7. The molecule has 1 saturated heterocycles. The lowest BCUT2D eigenvalue weighted by Crippen LogP contribution is -2.47. The Bertz CT molecular complexity index is 337. The largest absolute Gasteiger partial charge is 0.481 e. The molecule has 0 aromatic carbocycles. The maximum atomic E-state index is 12.2. The Balaban J connectivity index is 1.90. The van der Waals surface area contributed by atoms with Crippen molar-refractivity contribution in [2.45, 2.75) is 50.5 Å². The number of aliphatic carboxylic acids is 1. The minimum atomic E-state index is -0.796. The highest BCUT2D eigenvalue weighted by Gasteiger charge is 2.35. The average molecular weight is 254 g/mol. The van der Waals surface area contributed by atoms with E-state index in [4.69, 9.17) is 10.8 Å². The van der Waals surface area contributed by atoms with Crippen molar-refractivity contribution in [1.82, 2.24) is 4.90 Å². The van der Waals surface area contributed by atoms with Gasteiger partial charge in [-0.3, -0.25) is 9.59 Å². The Morgan fingerprint density at radius 3 is 2.56 bits per heavy atom. The number of carbonyl (C=O) groups is 2. The maximum Gasteiger partial charge on any atom is 0.308 e. The number of rotatable bonds is 3. The molecular weight excluding hydrogens is 232 g/mol. The van der Waals surface area contributed by atoms with Gasteiger partial charge in [0, 0.05) is 25.0 Å². The van der Waals surface area contributed by atoms with Gasteiger partial charge in [-0.05, 0) is 25.7 Å². The highest BCUT2D eigenvalue weighted by molar-refractivity contribution is 5.79. The van der Waals surface area contributed by atoms with E-state index in [0.29, 0.717) is 25.9 Å².